The quantitative estimate of drug-likeness (QED) is 0.477. The molecule has 0 saturated heterocycles. The molecule has 0 aliphatic heterocycles. The maximum atomic E-state index is 2.40. The van der Waals surface area contributed by atoms with E-state index >= 15 is 0 Å². The van der Waals surface area contributed by atoms with Crippen molar-refractivity contribution in [2.45, 2.75) is 20.3 Å². The fraction of sp³-hybridized carbons (Fsp3) is 0.217. The third-order valence-electron chi connectivity index (χ3n) is 5.15. The van der Waals surface area contributed by atoms with Gasteiger partial charge in [-0.25, -0.2) is 0 Å². The third-order valence-corrected chi connectivity index (χ3v) is 10.4. The van der Waals surface area contributed by atoms with Gasteiger partial charge in [-0.3, -0.25) is 0 Å². The van der Waals surface area contributed by atoms with Crippen LogP contribution < -0.4 is 15.9 Å². The molecule has 0 amide bonds. The molecule has 3 aromatic rings. The summed E-state index contributed by atoms with van der Waals surface area (Å²) in [6.45, 7) is 4.71. The van der Waals surface area contributed by atoms with Crippen LogP contribution in [-0.4, -0.2) is 6.16 Å². The molecule has 0 spiro atoms. The standard InChI is InChI=1S/C23H27P.BrH/c1-3-20(2)19-24(21-13-7-4-8-14-21,22-15-9-5-10-16-22)23-17-11-6-12-18-23;/h4-18,20,24H,3,19H2,1-2H3;1H. The molecule has 1 unspecified atom stereocenters. The Hall–Kier alpha value is -1.43. The first-order valence-electron chi connectivity index (χ1n) is 8.94. The van der Waals surface area contributed by atoms with Crippen molar-refractivity contribution < 1.29 is 0 Å². The van der Waals surface area contributed by atoms with Gasteiger partial charge in [-0.2, -0.15) is 0 Å². The van der Waals surface area contributed by atoms with Gasteiger partial charge in [-0.15, -0.1) is 17.0 Å². The molecular weight excluding hydrogens is 387 g/mol. The van der Waals surface area contributed by atoms with Gasteiger partial charge in [0.1, 0.15) is 0 Å². The first-order valence-corrected chi connectivity index (χ1v) is 11.1. The van der Waals surface area contributed by atoms with Crippen molar-refractivity contribution >= 4 is 40.2 Å². The van der Waals surface area contributed by atoms with E-state index < -0.39 is 7.26 Å². The maximum absolute atomic E-state index is 2.40. The average molecular weight is 415 g/mol. The summed E-state index contributed by atoms with van der Waals surface area (Å²) >= 11 is 0. The van der Waals surface area contributed by atoms with Crippen LogP contribution in [0.25, 0.3) is 0 Å². The Morgan fingerprint density at radius 3 is 1.24 bits per heavy atom. The Morgan fingerprint density at radius 1 is 0.640 bits per heavy atom. The van der Waals surface area contributed by atoms with E-state index in [4.69, 9.17) is 0 Å². The Bertz CT molecular complexity index is 644. The number of rotatable bonds is 6. The molecule has 2 heteroatoms. The van der Waals surface area contributed by atoms with Gasteiger partial charge in [0.2, 0.25) is 0 Å². The molecule has 132 valence electrons. The van der Waals surface area contributed by atoms with Gasteiger partial charge < -0.3 is 0 Å². The SMILES string of the molecule is Br.CCC(C)C[PH](c1ccccc1)(c1ccccc1)c1ccccc1. The molecule has 0 heterocycles. The van der Waals surface area contributed by atoms with E-state index in [2.05, 4.69) is 105 Å². The second kappa shape index (κ2) is 9.32. The molecule has 0 radical (unpaired) electrons. The second-order valence-electron chi connectivity index (χ2n) is 6.72. The average Bonchev–Trinajstić information content (AvgIpc) is 2.68. The summed E-state index contributed by atoms with van der Waals surface area (Å²) < 4.78 is 0. The Balaban J connectivity index is 0.00000225. The molecule has 0 nitrogen and oxygen atoms in total. The van der Waals surface area contributed by atoms with E-state index in [0.717, 1.165) is 0 Å². The minimum atomic E-state index is -2.01. The van der Waals surface area contributed by atoms with Crippen molar-refractivity contribution in [1.29, 1.82) is 0 Å². The van der Waals surface area contributed by atoms with Gasteiger partial charge in [-0.1, -0.05) is 0 Å². The zero-order valence-corrected chi connectivity index (χ0v) is 17.8. The summed E-state index contributed by atoms with van der Waals surface area (Å²) in [5.41, 5.74) is 0. The van der Waals surface area contributed by atoms with E-state index in [1.165, 1.54) is 28.5 Å². The molecule has 0 aromatic heterocycles. The predicted molar refractivity (Wildman–Crippen MR) is 121 cm³/mol. The molecular formula is C23H28BrP. The molecule has 3 aromatic carbocycles. The van der Waals surface area contributed by atoms with E-state index in [9.17, 15) is 0 Å². The Labute approximate surface area is 163 Å². The zero-order chi connectivity index (χ0) is 16.8. The minimum absolute atomic E-state index is 0. The summed E-state index contributed by atoms with van der Waals surface area (Å²) in [6.07, 6.45) is 2.47. The van der Waals surface area contributed by atoms with Gasteiger partial charge in [0.05, 0.1) is 0 Å². The van der Waals surface area contributed by atoms with Gasteiger partial charge in [0.15, 0.2) is 0 Å². The summed E-state index contributed by atoms with van der Waals surface area (Å²) in [5, 5.41) is 4.55. The predicted octanol–water partition coefficient (Wildman–Crippen LogP) is 5.34. The second-order valence-corrected chi connectivity index (χ2v) is 10.7. The summed E-state index contributed by atoms with van der Waals surface area (Å²) in [7, 11) is -2.01. The molecule has 0 aliphatic rings. The molecule has 0 aliphatic carbocycles. The number of hydrogen-bond acceptors (Lipinski definition) is 0. The number of hydrogen-bond donors (Lipinski definition) is 0. The fourth-order valence-electron chi connectivity index (χ4n) is 3.69. The number of benzene rings is 3. The first-order chi connectivity index (χ1) is 11.8. The molecule has 1 atom stereocenters. The molecule has 0 saturated carbocycles. The van der Waals surface area contributed by atoms with E-state index in [1.807, 2.05) is 0 Å². The van der Waals surface area contributed by atoms with Crippen LogP contribution in [0.2, 0.25) is 0 Å². The van der Waals surface area contributed by atoms with Crippen LogP contribution >= 0.6 is 24.2 Å². The molecule has 3 rings (SSSR count). The van der Waals surface area contributed by atoms with E-state index in [-0.39, 0.29) is 17.0 Å². The summed E-state index contributed by atoms with van der Waals surface area (Å²) in [4.78, 5) is 0. The van der Waals surface area contributed by atoms with Crippen LogP contribution in [0, 0.1) is 5.92 Å². The topological polar surface area (TPSA) is 0 Å². The molecule has 0 N–H and O–H groups in total. The monoisotopic (exact) mass is 414 g/mol. The van der Waals surface area contributed by atoms with Crippen molar-refractivity contribution in [3.63, 3.8) is 0 Å². The van der Waals surface area contributed by atoms with Gasteiger partial charge in [-0.05, 0) is 0 Å². The van der Waals surface area contributed by atoms with Crippen LogP contribution in [0.5, 0.6) is 0 Å². The van der Waals surface area contributed by atoms with Gasteiger partial charge >= 0.3 is 147 Å². The van der Waals surface area contributed by atoms with Crippen LogP contribution in [-0.2, 0) is 0 Å². The molecule has 0 bridgehead atoms. The summed E-state index contributed by atoms with van der Waals surface area (Å²) in [5.74, 6) is 0.706. The normalized spacial score (nSPS) is 12.9. The van der Waals surface area contributed by atoms with E-state index in [0.29, 0.717) is 5.92 Å². The van der Waals surface area contributed by atoms with Gasteiger partial charge in [0.25, 0.3) is 0 Å². The Kier molecular flexibility index (Phi) is 7.41. The van der Waals surface area contributed by atoms with Crippen molar-refractivity contribution in [1.82, 2.24) is 0 Å². The Morgan fingerprint density at radius 2 is 0.960 bits per heavy atom. The first kappa shape index (κ1) is 19.9. The van der Waals surface area contributed by atoms with Crippen LogP contribution in [0.15, 0.2) is 91.0 Å². The third kappa shape index (κ3) is 4.22. The fourth-order valence-corrected chi connectivity index (χ4v) is 9.01. The van der Waals surface area contributed by atoms with Crippen molar-refractivity contribution in [2.24, 2.45) is 5.92 Å². The van der Waals surface area contributed by atoms with E-state index in [1.54, 1.807) is 0 Å². The van der Waals surface area contributed by atoms with Crippen molar-refractivity contribution in [3.05, 3.63) is 91.0 Å². The van der Waals surface area contributed by atoms with Crippen molar-refractivity contribution in [2.75, 3.05) is 6.16 Å². The van der Waals surface area contributed by atoms with Crippen LogP contribution in [0.3, 0.4) is 0 Å². The number of halogens is 1. The van der Waals surface area contributed by atoms with Crippen LogP contribution in [0.4, 0.5) is 0 Å². The molecule has 25 heavy (non-hydrogen) atoms. The summed E-state index contributed by atoms with van der Waals surface area (Å²) in [6, 6.07) is 33.6. The van der Waals surface area contributed by atoms with Crippen LogP contribution in [0.1, 0.15) is 20.3 Å². The zero-order valence-electron chi connectivity index (χ0n) is 15.1. The van der Waals surface area contributed by atoms with Crippen molar-refractivity contribution in [3.8, 4) is 0 Å². The van der Waals surface area contributed by atoms with Gasteiger partial charge in [0, 0.05) is 0 Å². The molecule has 0 fully saturated rings.